The summed E-state index contributed by atoms with van der Waals surface area (Å²) in [6.45, 7) is 6.89. The van der Waals surface area contributed by atoms with Crippen LogP contribution in [0.5, 0.6) is 5.75 Å². The molecule has 0 saturated carbocycles. The van der Waals surface area contributed by atoms with E-state index in [4.69, 9.17) is 9.72 Å². The van der Waals surface area contributed by atoms with Crippen molar-refractivity contribution in [3.05, 3.63) is 94.1 Å². The lowest BCUT2D eigenvalue weighted by molar-refractivity contribution is -0.132. The molecule has 2 aliphatic heterocycles. The van der Waals surface area contributed by atoms with E-state index < -0.39 is 17.7 Å². The Kier molecular flexibility index (Phi) is 6.03. The van der Waals surface area contributed by atoms with E-state index in [0.29, 0.717) is 23.2 Å². The number of Topliss-reactive ketones (excluding diaryl/α,β-unsaturated/α-hetero) is 1. The van der Waals surface area contributed by atoms with Gasteiger partial charge in [-0.15, -0.1) is 0 Å². The molecular weight excluding hydrogens is 496 g/mol. The maximum atomic E-state index is 13.6. The second-order valence-corrected chi connectivity index (χ2v) is 11.2. The summed E-state index contributed by atoms with van der Waals surface area (Å²) in [5.74, 6) is -0.450. The van der Waals surface area contributed by atoms with E-state index in [0.717, 1.165) is 45.5 Å². The first-order valence-electron chi connectivity index (χ1n) is 12.9. The molecule has 0 spiro atoms. The van der Waals surface area contributed by atoms with Crippen molar-refractivity contribution in [1.29, 1.82) is 0 Å². The molecule has 1 N–H and O–H groups in total. The molecule has 1 aromatic heterocycles. The smallest absolute Gasteiger partial charge is 0.301 e. The Bertz CT molecular complexity index is 1630. The first-order chi connectivity index (χ1) is 18.3. The van der Waals surface area contributed by atoms with Crippen LogP contribution in [-0.4, -0.2) is 28.4 Å². The SMILES string of the molecule is Cc1cccc(C2/C(=C(\O)c3ccc4c(c3)CCCO4)C(=O)C(=O)N2c2nc3ccc(C(C)C)cc3s2)c1. The van der Waals surface area contributed by atoms with Gasteiger partial charge in [0.05, 0.1) is 28.4 Å². The molecule has 0 radical (unpaired) electrons. The van der Waals surface area contributed by atoms with Crippen molar-refractivity contribution in [3.8, 4) is 5.75 Å². The van der Waals surface area contributed by atoms with E-state index in [-0.39, 0.29) is 11.3 Å². The summed E-state index contributed by atoms with van der Waals surface area (Å²) in [6.07, 6.45) is 1.72. The van der Waals surface area contributed by atoms with Crippen LogP contribution in [-0.2, 0) is 16.0 Å². The minimum Gasteiger partial charge on any atom is -0.507 e. The lowest BCUT2D eigenvalue weighted by Gasteiger charge is -2.23. The number of carbonyl (C=O) groups excluding carboxylic acids is 2. The van der Waals surface area contributed by atoms with Gasteiger partial charge in [-0.2, -0.15) is 0 Å². The van der Waals surface area contributed by atoms with Crippen molar-refractivity contribution in [3.63, 3.8) is 0 Å². The fourth-order valence-corrected chi connectivity index (χ4v) is 6.28. The van der Waals surface area contributed by atoms with Gasteiger partial charge in [-0.1, -0.05) is 61.1 Å². The quantitative estimate of drug-likeness (QED) is 0.183. The van der Waals surface area contributed by atoms with Crippen LogP contribution in [0.3, 0.4) is 0 Å². The summed E-state index contributed by atoms with van der Waals surface area (Å²) < 4.78 is 6.67. The lowest BCUT2D eigenvalue weighted by Crippen LogP contribution is -2.29. The third kappa shape index (κ3) is 4.07. The predicted molar refractivity (Wildman–Crippen MR) is 150 cm³/mol. The Morgan fingerprint density at radius 2 is 1.95 bits per heavy atom. The first kappa shape index (κ1) is 24.4. The number of aliphatic hydroxyl groups is 1. The molecule has 1 fully saturated rings. The topological polar surface area (TPSA) is 79.7 Å². The number of amides is 1. The van der Waals surface area contributed by atoms with Crippen molar-refractivity contribution in [2.75, 3.05) is 11.5 Å². The fourth-order valence-electron chi connectivity index (χ4n) is 5.24. The normalized spacial score (nSPS) is 18.7. The molecule has 1 atom stereocenters. The number of aryl methyl sites for hydroxylation is 2. The van der Waals surface area contributed by atoms with Crippen molar-refractivity contribution < 1.29 is 19.4 Å². The van der Waals surface area contributed by atoms with Crippen LogP contribution in [0, 0.1) is 6.92 Å². The monoisotopic (exact) mass is 524 g/mol. The molecule has 192 valence electrons. The summed E-state index contributed by atoms with van der Waals surface area (Å²) in [5.41, 5.74) is 5.23. The number of thiazole rings is 1. The molecule has 0 bridgehead atoms. The average Bonchev–Trinajstić information content (AvgIpc) is 3.45. The molecule has 0 aliphatic carbocycles. The number of ketones is 1. The number of fused-ring (bicyclic) bond motifs is 2. The molecule has 1 saturated heterocycles. The number of rotatable bonds is 4. The van der Waals surface area contributed by atoms with Crippen molar-refractivity contribution in [1.82, 2.24) is 4.98 Å². The van der Waals surface area contributed by atoms with Gasteiger partial charge in [0.25, 0.3) is 5.78 Å². The Morgan fingerprint density at radius 1 is 1.11 bits per heavy atom. The molecule has 6 nitrogen and oxygen atoms in total. The van der Waals surface area contributed by atoms with Gasteiger partial charge >= 0.3 is 5.91 Å². The van der Waals surface area contributed by atoms with Gasteiger partial charge in [0.1, 0.15) is 11.5 Å². The Labute approximate surface area is 225 Å². The number of ether oxygens (including phenoxy) is 1. The minimum atomic E-state index is -0.799. The molecule has 38 heavy (non-hydrogen) atoms. The predicted octanol–water partition coefficient (Wildman–Crippen LogP) is 6.68. The number of anilines is 1. The van der Waals surface area contributed by atoms with Gasteiger partial charge in [-0.05, 0) is 72.7 Å². The molecule has 7 heteroatoms. The van der Waals surface area contributed by atoms with Gasteiger partial charge in [0.2, 0.25) is 0 Å². The first-order valence-corrected chi connectivity index (χ1v) is 13.7. The summed E-state index contributed by atoms with van der Waals surface area (Å²) in [5, 5.41) is 12.0. The van der Waals surface area contributed by atoms with E-state index in [1.54, 1.807) is 6.07 Å². The number of hydrogen-bond acceptors (Lipinski definition) is 6. The Balaban J connectivity index is 1.53. The second kappa shape index (κ2) is 9.40. The highest BCUT2D eigenvalue weighted by Crippen LogP contribution is 2.45. The molecule has 3 aromatic carbocycles. The number of nitrogens with zero attached hydrogens (tertiary/aromatic N) is 2. The zero-order valence-corrected chi connectivity index (χ0v) is 22.3. The van der Waals surface area contributed by atoms with Crippen LogP contribution in [0.15, 0.2) is 66.2 Å². The van der Waals surface area contributed by atoms with E-state index in [1.165, 1.54) is 21.8 Å². The molecule has 1 amide bonds. The van der Waals surface area contributed by atoms with Gasteiger partial charge in [0.15, 0.2) is 5.13 Å². The number of carbonyl (C=O) groups is 2. The number of hydrogen-bond donors (Lipinski definition) is 1. The van der Waals surface area contributed by atoms with Crippen LogP contribution in [0.1, 0.15) is 60.0 Å². The number of aliphatic hydroxyl groups excluding tert-OH is 1. The molecule has 6 rings (SSSR count). The summed E-state index contributed by atoms with van der Waals surface area (Å²) in [7, 11) is 0. The van der Waals surface area contributed by atoms with Crippen molar-refractivity contribution in [2.45, 2.75) is 45.6 Å². The molecule has 1 unspecified atom stereocenters. The third-order valence-electron chi connectivity index (χ3n) is 7.26. The molecule has 2 aliphatic rings. The van der Waals surface area contributed by atoms with Crippen LogP contribution in [0.2, 0.25) is 0 Å². The van der Waals surface area contributed by atoms with Crippen molar-refractivity contribution in [2.24, 2.45) is 0 Å². The highest BCUT2D eigenvalue weighted by molar-refractivity contribution is 7.22. The average molecular weight is 525 g/mol. The summed E-state index contributed by atoms with van der Waals surface area (Å²) in [4.78, 5) is 33.3. The van der Waals surface area contributed by atoms with Crippen LogP contribution >= 0.6 is 11.3 Å². The molecule has 3 heterocycles. The minimum absolute atomic E-state index is 0.0689. The van der Waals surface area contributed by atoms with E-state index in [2.05, 4.69) is 19.9 Å². The van der Waals surface area contributed by atoms with Gasteiger partial charge in [-0.3, -0.25) is 14.5 Å². The van der Waals surface area contributed by atoms with Crippen LogP contribution < -0.4 is 9.64 Å². The Morgan fingerprint density at radius 3 is 2.74 bits per heavy atom. The zero-order valence-electron chi connectivity index (χ0n) is 21.5. The second-order valence-electron chi connectivity index (χ2n) is 10.2. The van der Waals surface area contributed by atoms with Gasteiger partial charge in [-0.25, -0.2) is 4.98 Å². The highest BCUT2D eigenvalue weighted by atomic mass is 32.1. The number of benzene rings is 3. The van der Waals surface area contributed by atoms with Gasteiger partial charge in [0, 0.05) is 5.56 Å². The fraction of sp³-hybridized carbons (Fsp3) is 0.258. The standard InChI is InChI=1S/C31H28N2O4S/c1-17(2)19-9-11-23-25(16-19)38-31(32-23)33-27(21-7-4-6-18(3)14-21)26(29(35)30(33)36)28(34)22-10-12-24-20(15-22)8-5-13-37-24/h4,6-7,9-12,14-17,27,34H,5,8,13H2,1-3H3/b28-26+. The molecular formula is C31H28N2O4S. The van der Waals surface area contributed by atoms with E-state index >= 15 is 0 Å². The van der Waals surface area contributed by atoms with E-state index in [1.807, 2.05) is 55.5 Å². The van der Waals surface area contributed by atoms with Crippen molar-refractivity contribution >= 4 is 44.1 Å². The zero-order chi connectivity index (χ0) is 26.6. The third-order valence-corrected chi connectivity index (χ3v) is 8.28. The maximum absolute atomic E-state index is 13.6. The largest absolute Gasteiger partial charge is 0.507 e. The summed E-state index contributed by atoms with van der Waals surface area (Å²) >= 11 is 1.38. The molecule has 4 aromatic rings. The highest BCUT2D eigenvalue weighted by Gasteiger charge is 2.48. The van der Waals surface area contributed by atoms with Gasteiger partial charge < -0.3 is 9.84 Å². The number of aromatic nitrogens is 1. The summed E-state index contributed by atoms with van der Waals surface area (Å²) in [6, 6.07) is 18.4. The van der Waals surface area contributed by atoms with E-state index in [9.17, 15) is 14.7 Å². The van der Waals surface area contributed by atoms with Crippen LogP contribution in [0.4, 0.5) is 5.13 Å². The van der Waals surface area contributed by atoms with Crippen LogP contribution in [0.25, 0.3) is 16.0 Å². The lowest BCUT2D eigenvalue weighted by atomic mass is 9.93. The maximum Gasteiger partial charge on any atom is 0.301 e. The Hall–Kier alpha value is -3.97.